The highest BCUT2D eigenvalue weighted by Gasteiger charge is 2.56. The second-order valence-corrected chi connectivity index (χ2v) is 13.7. The first-order valence-corrected chi connectivity index (χ1v) is 15.2. The minimum absolute atomic E-state index is 0.0925. The van der Waals surface area contributed by atoms with Crippen LogP contribution < -0.4 is 0 Å². The van der Waals surface area contributed by atoms with Crippen LogP contribution in [0.3, 0.4) is 0 Å². The van der Waals surface area contributed by atoms with Crippen LogP contribution in [0.2, 0.25) is 5.82 Å². The third-order valence-corrected chi connectivity index (χ3v) is 11.0. The average Bonchev–Trinajstić information content (AvgIpc) is 3.51. The first kappa shape index (κ1) is 24.7. The molecule has 2 atom stereocenters. The molecule has 0 spiro atoms. The molecule has 5 aromatic rings. The van der Waals surface area contributed by atoms with E-state index in [0.29, 0.717) is 0 Å². The van der Waals surface area contributed by atoms with Crippen LogP contribution in [-0.2, 0) is 14.7 Å². The maximum absolute atomic E-state index is 6.73. The summed E-state index contributed by atoms with van der Waals surface area (Å²) in [5, 5.41) is 2.62. The third-order valence-electron chi connectivity index (χ3n) is 11.0. The van der Waals surface area contributed by atoms with Crippen molar-refractivity contribution < 1.29 is 9.31 Å². The first-order chi connectivity index (χ1) is 20.2. The van der Waals surface area contributed by atoms with Gasteiger partial charge in [-0.3, -0.25) is 0 Å². The highest BCUT2D eigenvalue weighted by molar-refractivity contribution is 6.49. The van der Waals surface area contributed by atoms with Crippen LogP contribution in [-0.4, -0.2) is 22.9 Å². The van der Waals surface area contributed by atoms with Gasteiger partial charge >= 0.3 is 7.12 Å². The molecular formula is C38H34BNO2. The number of nitrogens with zero attached hydrogens (tertiary/aromatic N) is 1. The predicted octanol–water partition coefficient (Wildman–Crippen LogP) is 9.12. The molecule has 9 rings (SSSR count). The molecule has 4 heteroatoms. The largest absolute Gasteiger partial charge is 0.465 e. The lowest BCUT2D eigenvalue weighted by atomic mass is 9.61. The number of hydrogen-bond acceptors (Lipinski definition) is 2. The van der Waals surface area contributed by atoms with Gasteiger partial charge in [0.05, 0.1) is 27.9 Å². The lowest BCUT2D eigenvalue weighted by Crippen LogP contribution is -2.41. The molecular weight excluding hydrogens is 513 g/mol. The van der Waals surface area contributed by atoms with Crippen molar-refractivity contribution in [1.82, 2.24) is 4.57 Å². The standard InChI is InChI=1S/C38H34BNO2/c1-36(2)37(3,4)42-39(41-36)24-21-28-26-16-10-12-18-32(26)40-31-17-11-9-15-25(31)27-19-20-29-34(35(27)40)33(28)30(22-24)38(29,5)23-13-7-6-8-14-23/h6-20,22,24H,21H2,1-5H3. The van der Waals surface area contributed by atoms with Crippen molar-refractivity contribution in [1.29, 1.82) is 0 Å². The summed E-state index contributed by atoms with van der Waals surface area (Å²) in [6, 6.07) is 33.7. The fraction of sp³-hybridized carbons (Fsp3) is 0.263. The molecule has 2 unspecified atom stereocenters. The van der Waals surface area contributed by atoms with E-state index in [1.807, 2.05) is 0 Å². The van der Waals surface area contributed by atoms with Gasteiger partial charge in [-0.05, 0) is 81.0 Å². The monoisotopic (exact) mass is 547 g/mol. The van der Waals surface area contributed by atoms with Gasteiger partial charge in [-0.25, -0.2) is 0 Å². The van der Waals surface area contributed by atoms with Crippen molar-refractivity contribution in [2.75, 3.05) is 0 Å². The van der Waals surface area contributed by atoms with E-state index in [9.17, 15) is 0 Å². The number of benzene rings is 4. The van der Waals surface area contributed by atoms with E-state index in [2.05, 4.69) is 136 Å². The fourth-order valence-corrected chi connectivity index (χ4v) is 8.17. The smallest absolute Gasteiger partial charge is 0.403 e. The third kappa shape index (κ3) is 2.90. The normalized spacial score (nSPS) is 24.7. The van der Waals surface area contributed by atoms with E-state index < -0.39 is 0 Å². The molecule has 1 aromatic heterocycles. The molecule has 42 heavy (non-hydrogen) atoms. The Labute approximate surface area is 247 Å². The zero-order valence-corrected chi connectivity index (χ0v) is 24.9. The topological polar surface area (TPSA) is 23.4 Å². The van der Waals surface area contributed by atoms with Crippen molar-refractivity contribution in [2.24, 2.45) is 0 Å². The quantitative estimate of drug-likeness (QED) is 0.206. The molecule has 1 saturated heterocycles. The number of allylic oxidation sites excluding steroid dienone is 4. The van der Waals surface area contributed by atoms with Gasteiger partial charge < -0.3 is 13.9 Å². The summed E-state index contributed by atoms with van der Waals surface area (Å²) in [5.41, 5.74) is 12.4. The van der Waals surface area contributed by atoms with Gasteiger partial charge in [-0.15, -0.1) is 0 Å². The number of hydrogen-bond donors (Lipinski definition) is 0. The summed E-state index contributed by atoms with van der Waals surface area (Å²) in [7, 11) is -0.310. The first-order valence-electron chi connectivity index (χ1n) is 15.2. The lowest BCUT2D eigenvalue weighted by Gasteiger charge is -2.34. The Kier molecular flexibility index (Phi) is 4.68. The van der Waals surface area contributed by atoms with Crippen LogP contribution in [0, 0.1) is 0 Å². The number of rotatable bonds is 2. The SMILES string of the molecule is CC1(c2ccccc2)C2=CC(B3OC(C)(C)C(C)(C)O3)CC3=C2c2c1ccc1c4ccccc4n(c21)-c1ccccc13. The van der Waals surface area contributed by atoms with Crippen LogP contribution >= 0.6 is 0 Å². The van der Waals surface area contributed by atoms with Gasteiger partial charge in [0.1, 0.15) is 0 Å². The molecule has 0 bridgehead atoms. The molecule has 0 saturated carbocycles. The van der Waals surface area contributed by atoms with Crippen molar-refractivity contribution in [3.8, 4) is 5.69 Å². The zero-order valence-electron chi connectivity index (χ0n) is 24.9. The van der Waals surface area contributed by atoms with E-state index >= 15 is 0 Å². The van der Waals surface area contributed by atoms with Crippen molar-refractivity contribution in [3.05, 3.63) is 125 Å². The summed E-state index contributed by atoms with van der Waals surface area (Å²) >= 11 is 0. The lowest BCUT2D eigenvalue weighted by molar-refractivity contribution is 0.00578. The minimum atomic E-state index is -0.378. The summed E-state index contributed by atoms with van der Waals surface area (Å²) in [6.45, 7) is 11.1. The van der Waals surface area contributed by atoms with Crippen molar-refractivity contribution in [3.63, 3.8) is 0 Å². The molecule has 2 aliphatic heterocycles. The Morgan fingerprint density at radius 3 is 2.21 bits per heavy atom. The Morgan fingerprint density at radius 2 is 1.43 bits per heavy atom. The summed E-state index contributed by atoms with van der Waals surface area (Å²) in [5.74, 6) is 0.0925. The van der Waals surface area contributed by atoms with E-state index in [-0.39, 0.29) is 29.6 Å². The summed E-state index contributed by atoms with van der Waals surface area (Å²) in [6.07, 6.45) is 3.39. The Balaban J connectivity index is 1.41. The average molecular weight is 548 g/mol. The van der Waals surface area contributed by atoms with Gasteiger partial charge in [0.2, 0.25) is 0 Å². The van der Waals surface area contributed by atoms with E-state index in [4.69, 9.17) is 9.31 Å². The molecule has 0 amide bonds. The van der Waals surface area contributed by atoms with Crippen LogP contribution in [0.25, 0.3) is 38.6 Å². The minimum Gasteiger partial charge on any atom is -0.403 e. The van der Waals surface area contributed by atoms with Gasteiger partial charge in [0.15, 0.2) is 0 Å². The molecule has 3 nitrogen and oxygen atoms in total. The second kappa shape index (κ2) is 7.95. The van der Waals surface area contributed by atoms with Crippen molar-refractivity contribution in [2.45, 2.75) is 63.5 Å². The molecule has 4 aliphatic rings. The van der Waals surface area contributed by atoms with E-state index in [0.717, 1.165) is 6.42 Å². The maximum Gasteiger partial charge on any atom is 0.465 e. The van der Waals surface area contributed by atoms with Gasteiger partial charge in [0.25, 0.3) is 0 Å². The van der Waals surface area contributed by atoms with Crippen LogP contribution in [0.15, 0.2) is 103 Å². The molecule has 1 fully saturated rings. The zero-order chi connectivity index (χ0) is 28.6. The number of aromatic nitrogens is 1. The number of para-hydroxylation sites is 2. The molecule has 206 valence electrons. The van der Waals surface area contributed by atoms with Crippen LogP contribution in [0.5, 0.6) is 0 Å². The molecule has 4 aromatic carbocycles. The van der Waals surface area contributed by atoms with Gasteiger partial charge in [-0.1, -0.05) is 84.9 Å². The van der Waals surface area contributed by atoms with Crippen molar-refractivity contribution >= 4 is 40.1 Å². The Hall–Kier alpha value is -3.86. The van der Waals surface area contributed by atoms with Gasteiger partial charge in [0, 0.05) is 33.1 Å². The van der Waals surface area contributed by atoms with E-state index in [1.165, 1.54) is 66.5 Å². The Bertz CT molecular complexity index is 2030. The summed E-state index contributed by atoms with van der Waals surface area (Å²) < 4.78 is 16.0. The number of fused-ring (bicyclic) bond motifs is 6. The highest BCUT2D eigenvalue weighted by Crippen LogP contribution is 2.63. The Morgan fingerprint density at radius 1 is 0.738 bits per heavy atom. The molecule has 0 radical (unpaired) electrons. The van der Waals surface area contributed by atoms with Crippen LogP contribution in [0.1, 0.15) is 63.3 Å². The second-order valence-electron chi connectivity index (χ2n) is 13.7. The molecule has 3 heterocycles. The van der Waals surface area contributed by atoms with E-state index in [1.54, 1.807) is 0 Å². The predicted molar refractivity (Wildman–Crippen MR) is 173 cm³/mol. The summed E-state index contributed by atoms with van der Waals surface area (Å²) in [4.78, 5) is 0. The van der Waals surface area contributed by atoms with Gasteiger partial charge in [-0.2, -0.15) is 0 Å². The molecule has 0 N–H and O–H groups in total. The molecule has 2 aliphatic carbocycles. The fourth-order valence-electron chi connectivity index (χ4n) is 8.17. The maximum atomic E-state index is 6.73. The highest BCUT2D eigenvalue weighted by atomic mass is 16.7. The van der Waals surface area contributed by atoms with Crippen LogP contribution in [0.4, 0.5) is 0 Å².